The van der Waals surface area contributed by atoms with Gasteiger partial charge in [-0.1, -0.05) is 20.8 Å². The normalized spacial score (nSPS) is 10.7. The number of rotatable bonds is 10. The number of hydrogen-bond acceptors (Lipinski definition) is 5. The second kappa shape index (κ2) is 9.18. The van der Waals surface area contributed by atoms with Crippen LogP contribution >= 0.6 is 0 Å². The Morgan fingerprint density at radius 1 is 1.29 bits per heavy atom. The summed E-state index contributed by atoms with van der Waals surface area (Å²) in [7, 11) is 0. The van der Waals surface area contributed by atoms with Crippen LogP contribution in [0.25, 0.3) is 0 Å². The lowest BCUT2D eigenvalue weighted by atomic mass is 10.2. The first-order chi connectivity index (χ1) is 10.0. The highest BCUT2D eigenvalue weighted by Gasteiger charge is 2.10. The lowest BCUT2D eigenvalue weighted by Crippen LogP contribution is -2.10. The fraction of sp³-hybridized carbons (Fsp3) is 0.600. The van der Waals surface area contributed by atoms with Gasteiger partial charge >= 0.3 is 0 Å². The van der Waals surface area contributed by atoms with E-state index in [2.05, 4.69) is 19.2 Å². The molecule has 0 aromatic heterocycles. The maximum atomic E-state index is 10.9. The lowest BCUT2D eigenvalue weighted by Gasteiger charge is -2.11. The fourth-order valence-electron chi connectivity index (χ4n) is 1.68. The highest BCUT2D eigenvalue weighted by atomic mass is 16.6. The van der Waals surface area contributed by atoms with E-state index in [-0.39, 0.29) is 5.69 Å². The lowest BCUT2D eigenvalue weighted by molar-refractivity contribution is -0.384. The van der Waals surface area contributed by atoms with Crippen molar-refractivity contribution in [1.29, 1.82) is 0 Å². The van der Waals surface area contributed by atoms with Gasteiger partial charge in [-0.05, 0) is 12.3 Å². The van der Waals surface area contributed by atoms with Crippen LogP contribution in [0.3, 0.4) is 0 Å². The van der Waals surface area contributed by atoms with Gasteiger partial charge in [0.05, 0.1) is 17.6 Å². The number of benzene rings is 1. The Kier molecular flexibility index (Phi) is 7.53. The molecule has 0 spiro atoms. The molecule has 1 aromatic rings. The van der Waals surface area contributed by atoms with Gasteiger partial charge in [0.2, 0.25) is 0 Å². The molecule has 1 aromatic carbocycles. The molecule has 0 bridgehead atoms. The van der Waals surface area contributed by atoms with E-state index in [4.69, 9.17) is 9.47 Å². The minimum atomic E-state index is -0.417. The van der Waals surface area contributed by atoms with Crippen LogP contribution in [-0.2, 0) is 4.74 Å². The van der Waals surface area contributed by atoms with Gasteiger partial charge in [-0.15, -0.1) is 0 Å². The number of ether oxygens (including phenoxy) is 2. The Labute approximate surface area is 125 Å². The van der Waals surface area contributed by atoms with Crippen LogP contribution in [-0.4, -0.2) is 31.3 Å². The Morgan fingerprint density at radius 2 is 2.05 bits per heavy atom. The average molecular weight is 296 g/mol. The predicted octanol–water partition coefficient (Wildman–Crippen LogP) is 3.47. The zero-order valence-corrected chi connectivity index (χ0v) is 12.9. The summed E-state index contributed by atoms with van der Waals surface area (Å²) in [5.74, 6) is 0.962. The largest absolute Gasteiger partial charge is 0.491 e. The maximum absolute atomic E-state index is 10.9. The molecule has 0 fully saturated rings. The zero-order chi connectivity index (χ0) is 15.7. The third kappa shape index (κ3) is 6.94. The van der Waals surface area contributed by atoms with E-state index in [0.29, 0.717) is 37.2 Å². The van der Waals surface area contributed by atoms with E-state index < -0.39 is 4.92 Å². The molecule has 0 aliphatic carbocycles. The Bertz CT molecular complexity index is 449. The molecule has 0 atom stereocenters. The molecule has 0 heterocycles. The fourth-order valence-corrected chi connectivity index (χ4v) is 1.68. The van der Waals surface area contributed by atoms with Crippen molar-refractivity contribution in [3.8, 4) is 5.75 Å². The van der Waals surface area contributed by atoms with Crippen LogP contribution in [0.1, 0.15) is 27.2 Å². The quantitative estimate of drug-likeness (QED) is 0.406. The third-order valence-electron chi connectivity index (χ3n) is 2.63. The smallest absolute Gasteiger partial charge is 0.275 e. The molecular weight excluding hydrogens is 272 g/mol. The molecule has 1 rings (SSSR count). The van der Waals surface area contributed by atoms with Crippen LogP contribution in [0, 0.1) is 16.0 Å². The summed E-state index contributed by atoms with van der Waals surface area (Å²) < 4.78 is 10.9. The summed E-state index contributed by atoms with van der Waals surface area (Å²) in [5, 5.41) is 14.1. The van der Waals surface area contributed by atoms with E-state index in [1.807, 2.05) is 6.92 Å². The highest BCUT2D eigenvalue weighted by molar-refractivity contribution is 5.56. The number of nitro benzene ring substituents is 1. The third-order valence-corrected chi connectivity index (χ3v) is 2.63. The monoisotopic (exact) mass is 296 g/mol. The number of hydrogen-bond donors (Lipinski definition) is 1. The summed E-state index contributed by atoms with van der Waals surface area (Å²) >= 11 is 0. The van der Waals surface area contributed by atoms with Crippen molar-refractivity contribution in [2.24, 2.45) is 5.92 Å². The molecule has 0 amide bonds. The topological polar surface area (TPSA) is 73.6 Å². The van der Waals surface area contributed by atoms with Gasteiger partial charge < -0.3 is 14.8 Å². The van der Waals surface area contributed by atoms with Crippen LogP contribution in [0.5, 0.6) is 5.75 Å². The van der Waals surface area contributed by atoms with E-state index in [9.17, 15) is 10.1 Å². The molecular formula is C15H24N2O4. The Hall–Kier alpha value is -1.82. The number of nitrogens with one attached hydrogen (secondary N) is 1. The molecule has 0 aliphatic heterocycles. The minimum absolute atomic E-state index is 0.0224. The Balaban J connectivity index is 2.58. The van der Waals surface area contributed by atoms with Crippen LogP contribution in [0.4, 0.5) is 11.4 Å². The molecule has 1 N–H and O–H groups in total. The predicted molar refractivity (Wildman–Crippen MR) is 83.0 cm³/mol. The second-order valence-corrected chi connectivity index (χ2v) is 5.22. The molecule has 0 radical (unpaired) electrons. The summed E-state index contributed by atoms with van der Waals surface area (Å²) in [6.45, 7) is 8.48. The SMILES string of the molecule is CCCNc1cc(OCCOCC(C)C)cc([N+](=O)[O-])c1. The van der Waals surface area contributed by atoms with E-state index in [0.717, 1.165) is 13.0 Å². The first kappa shape index (κ1) is 17.2. The molecule has 0 unspecified atom stereocenters. The second-order valence-electron chi connectivity index (χ2n) is 5.22. The molecule has 6 heteroatoms. The van der Waals surface area contributed by atoms with Crippen LogP contribution < -0.4 is 10.1 Å². The van der Waals surface area contributed by atoms with Crippen molar-refractivity contribution in [3.05, 3.63) is 28.3 Å². The summed E-state index contributed by atoms with van der Waals surface area (Å²) in [4.78, 5) is 10.5. The minimum Gasteiger partial charge on any atom is -0.491 e. The van der Waals surface area contributed by atoms with Gasteiger partial charge in [0, 0.05) is 31.0 Å². The van der Waals surface area contributed by atoms with Gasteiger partial charge in [-0.2, -0.15) is 0 Å². The standard InChI is InChI=1S/C15H24N2O4/c1-4-5-16-13-8-14(17(18)19)10-15(9-13)21-7-6-20-11-12(2)3/h8-10,12,16H,4-7,11H2,1-3H3. The van der Waals surface area contributed by atoms with Crippen molar-refractivity contribution < 1.29 is 14.4 Å². The summed E-state index contributed by atoms with van der Waals surface area (Å²) in [6, 6.07) is 4.71. The molecule has 21 heavy (non-hydrogen) atoms. The molecule has 0 saturated carbocycles. The van der Waals surface area contributed by atoms with Crippen molar-refractivity contribution in [2.45, 2.75) is 27.2 Å². The van der Waals surface area contributed by atoms with Crippen molar-refractivity contribution in [3.63, 3.8) is 0 Å². The van der Waals surface area contributed by atoms with Crippen LogP contribution in [0.2, 0.25) is 0 Å². The number of non-ortho nitro benzene ring substituents is 1. The number of anilines is 1. The summed E-state index contributed by atoms with van der Waals surface area (Å²) in [5.41, 5.74) is 0.721. The summed E-state index contributed by atoms with van der Waals surface area (Å²) in [6.07, 6.45) is 0.946. The molecule has 6 nitrogen and oxygen atoms in total. The first-order valence-electron chi connectivity index (χ1n) is 7.26. The zero-order valence-electron chi connectivity index (χ0n) is 12.9. The Morgan fingerprint density at radius 3 is 2.67 bits per heavy atom. The van der Waals surface area contributed by atoms with E-state index in [1.165, 1.54) is 12.1 Å². The number of nitrogens with zero attached hydrogens (tertiary/aromatic N) is 1. The first-order valence-corrected chi connectivity index (χ1v) is 7.26. The van der Waals surface area contributed by atoms with Gasteiger partial charge in [0.15, 0.2) is 0 Å². The van der Waals surface area contributed by atoms with Crippen molar-refractivity contribution >= 4 is 11.4 Å². The average Bonchev–Trinajstić information content (AvgIpc) is 2.44. The van der Waals surface area contributed by atoms with E-state index >= 15 is 0 Å². The van der Waals surface area contributed by atoms with Gasteiger partial charge in [-0.25, -0.2) is 0 Å². The molecule has 0 aliphatic rings. The van der Waals surface area contributed by atoms with Gasteiger partial charge in [0.1, 0.15) is 12.4 Å². The van der Waals surface area contributed by atoms with Gasteiger partial charge in [0.25, 0.3) is 5.69 Å². The van der Waals surface area contributed by atoms with Crippen molar-refractivity contribution in [2.75, 3.05) is 31.7 Å². The van der Waals surface area contributed by atoms with Gasteiger partial charge in [-0.3, -0.25) is 10.1 Å². The molecule has 0 saturated heterocycles. The maximum Gasteiger partial charge on any atom is 0.275 e. The number of nitro groups is 1. The van der Waals surface area contributed by atoms with Crippen LogP contribution in [0.15, 0.2) is 18.2 Å². The van der Waals surface area contributed by atoms with E-state index in [1.54, 1.807) is 6.07 Å². The highest BCUT2D eigenvalue weighted by Crippen LogP contribution is 2.26. The molecule has 118 valence electrons. The van der Waals surface area contributed by atoms with Crippen molar-refractivity contribution in [1.82, 2.24) is 0 Å².